The summed E-state index contributed by atoms with van der Waals surface area (Å²) in [6, 6.07) is 74.5. The first-order valence-corrected chi connectivity index (χ1v) is 19.5. The highest BCUT2D eigenvalue weighted by Crippen LogP contribution is 2.40. The first-order chi connectivity index (χ1) is 28.3. The van der Waals surface area contributed by atoms with Crippen LogP contribution in [0.15, 0.2) is 211 Å². The van der Waals surface area contributed by atoms with Gasteiger partial charge in [-0.25, -0.2) is 0 Å². The number of furan rings is 1. The number of fused-ring (bicyclic) bond motifs is 9. The molecule has 0 N–H and O–H groups in total. The molecular weight excluding hydrogens is 693 g/mol. The first-order valence-electron chi connectivity index (χ1n) is 19.5. The highest BCUT2D eigenvalue weighted by molar-refractivity contribution is 6.14. The van der Waals surface area contributed by atoms with E-state index < -0.39 is 0 Å². The van der Waals surface area contributed by atoms with Gasteiger partial charge in [0.15, 0.2) is 0 Å². The van der Waals surface area contributed by atoms with Gasteiger partial charge in [-0.3, -0.25) is 0 Å². The van der Waals surface area contributed by atoms with Gasteiger partial charge in [-0.2, -0.15) is 0 Å². The fourth-order valence-electron chi connectivity index (χ4n) is 9.12. The minimum Gasteiger partial charge on any atom is -0.456 e. The molecule has 0 bridgehead atoms. The van der Waals surface area contributed by atoms with E-state index >= 15 is 0 Å². The number of aromatic nitrogens is 2. The summed E-state index contributed by atoms with van der Waals surface area (Å²) >= 11 is 0. The van der Waals surface area contributed by atoms with Crippen LogP contribution >= 0.6 is 0 Å². The number of hydrogen-bond donors (Lipinski definition) is 0. The summed E-state index contributed by atoms with van der Waals surface area (Å²) in [6.07, 6.45) is 0. The maximum absolute atomic E-state index is 6.21. The van der Waals surface area contributed by atoms with E-state index in [0.29, 0.717) is 0 Å². The third-order valence-corrected chi connectivity index (χ3v) is 11.7. The Bertz CT molecular complexity index is 3510. The van der Waals surface area contributed by atoms with Gasteiger partial charge >= 0.3 is 0 Å². The molecule has 3 nitrogen and oxygen atoms in total. The Morgan fingerprint density at radius 2 is 0.789 bits per heavy atom. The van der Waals surface area contributed by atoms with Crippen LogP contribution in [0.25, 0.3) is 110 Å². The lowest BCUT2D eigenvalue weighted by Crippen LogP contribution is -1.94. The second kappa shape index (κ2) is 12.5. The molecule has 0 aliphatic rings. The smallest absolute Gasteiger partial charge is 0.136 e. The summed E-state index contributed by atoms with van der Waals surface area (Å²) < 4.78 is 11.0. The lowest BCUT2D eigenvalue weighted by Gasteiger charge is -2.11. The maximum atomic E-state index is 6.21. The molecule has 57 heavy (non-hydrogen) atoms. The highest BCUT2D eigenvalue weighted by atomic mass is 16.3. The van der Waals surface area contributed by atoms with Gasteiger partial charge in [0, 0.05) is 43.7 Å². The van der Waals surface area contributed by atoms with Crippen LogP contribution in [0.3, 0.4) is 0 Å². The van der Waals surface area contributed by atoms with Crippen molar-refractivity contribution in [3.05, 3.63) is 206 Å². The Morgan fingerprint density at radius 1 is 0.281 bits per heavy atom. The van der Waals surface area contributed by atoms with E-state index in [2.05, 4.69) is 203 Å². The molecule has 0 saturated carbocycles. The number of benzene rings is 9. The molecular formula is C54H34N2O. The number of rotatable bonds is 5. The fraction of sp³-hybridized carbons (Fsp3) is 0. The molecule has 3 aromatic heterocycles. The Kier molecular flexibility index (Phi) is 6.93. The van der Waals surface area contributed by atoms with Gasteiger partial charge in [-0.15, -0.1) is 0 Å². The van der Waals surface area contributed by atoms with Crippen molar-refractivity contribution < 1.29 is 4.42 Å². The first kappa shape index (κ1) is 31.7. The topological polar surface area (TPSA) is 23.0 Å². The maximum Gasteiger partial charge on any atom is 0.136 e. The quantitative estimate of drug-likeness (QED) is 0.173. The van der Waals surface area contributed by atoms with Gasteiger partial charge < -0.3 is 13.6 Å². The molecule has 0 amide bonds. The summed E-state index contributed by atoms with van der Waals surface area (Å²) in [5.41, 5.74) is 16.1. The van der Waals surface area contributed by atoms with Crippen LogP contribution in [0.5, 0.6) is 0 Å². The third kappa shape index (κ3) is 4.92. The minimum absolute atomic E-state index is 0.912. The van der Waals surface area contributed by atoms with Crippen LogP contribution in [0.2, 0.25) is 0 Å². The molecule has 9 aromatic carbocycles. The molecule has 3 heterocycles. The van der Waals surface area contributed by atoms with E-state index in [-0.39, 0.29) is 0 Å². The SMILES string of the molecule is c1ccc(-c2cccc(-n3c4ccccc4c4cc(-c5ccc6c(c5)c5ccccc5n6-c5ccc(-c6cccc7oc8ccccc8c67)cc5)ccc43)c2)cc1. The third-order valence-electron chi connectivity index (χ3n) is 11.7. The second-order valence-corrected chi connectivity index (χ2v) is 14.9. The van der Waals surface area contributed by atoms with Gasteiger partial charge in [0.25, 0.3) is 0 Å². The summed E-state index contributed by atoms with van der Waals surface area (Å²) in [5, 5.41) is 7.27. The van der Waals surface area contributed by atoms with Gasteiger partial charge in [0.05, 0.1) is 22.1 Å². The Labute approximate surface area is 328 Å². The van der Waals surface area contributed by atoms with Crippen molar-refractivity contribution in [1.29, 1.82) is 0 Å². The van der Waals surface area contributed by atoms with E-state index in [1.54, 1.807) is 0 Å². The standard InChI is InChI=1S/C54H34N2O/c1-2-12-35(13-3-1)37-14-10-15-41(32-37)56-49-21-8-5-17-44(49)47-34-39(27-31-51(47)56)38-26-30-50-46(33-38)43-16-4-7-20-48(43)55(50)40-28-24-36(25-29-40)42-19-11-23-53-54(42)45-18-6-9-22-52(45)57-53/h1-34H. The molecule has 266 valence electrons. The lowest BCUT2D eigenvalue weighted by atomic mass is 9.99. The molecule has 0 fully saturated rings. The molecule has 0 unspecified atom stereocenters. The fourth-order valence-corrected chi connectivity index (χ4v) is 9.12. The van der Waals surface area contributed by atoms with Gasteiger partial charge in [0.2, 0.25) is 0 Å². The van der Waals surface area contributed by atoms with Crippen LogP contribution in [-0.2, 0) is 0 Å². The molecule has 0 aliphatic heterocycles. The molecule has 3 heteroatoms. The summed E-state index contributed by atoms with van der Waals surface area (Å²) in [7, 11) is 0. The number of nitrogens with zero attached hydrogens (tertiary/aromatic N) is 2. The Balaban J connectivity index is 0.965. The average molecular weight is 727 g/mol. The van der Waals surface area contributed by atoms with Crippen LogP contribution in [-0.4, -0.2) is 9.13 Å². The van der Waals surface area contributed by atoms with Crippen molar-refractivity contribution in [2.24, 2.45) is 0 Å². The molecule has 12 rings (SSSR count). The molecule has 0 spiro atoms. The van der Waals surface area contributed by atoms with E-state index in [0.717, 1.165) is 33.3 Å². The zero-order chi connectivity index (χ0) is 37.5. The largest absolute Gasteiger partial charge is 0.456 e. The predicted molar refractivity (Wildman–Crippen MR) is 239 cm³/mol. The number of hydrogen-bond acceptors (Lipinski definition) is 1. The van der Waals surface area contributed by atoms with E-state index in [4.69, 9.17) is 4.42 Å². The summed E-state index contributed by atoms with van der Waals surface area (Å²) in [5.74, 6) is 0. The van der Waals surface area contributed by atoms with E-state index in [9.17, 15) is 0 Å². The Morgan fingerprint density at radius 3 is 1.49 bits per heavy atom. The molecule has 0 aliphatic carbocycles. The molecule has 0 radical (unpaired) electrons. The van der Waals surface area contributed by atoms with Gasteiger partial charge in [0.1, 0.15) is 11.2 Å². The minimum atomic E-state index is 0.912. The second-order valence-electron chi connectivity index (χ2n) is 14.9. The van der Waals surface area contributed by atoms with E-state index in [1.807, 2.05) is 12.1 Å². The van der Waals surface area contributed by atoms with Crippen LogP contribution in [0, 0.1) is 0 Å². The molecule has 0 saturated heterocycles. The predicted octanol–water partition coefficient (Wildman–Crippen LogP) is 14.8. The van der Waals surface area contributed by atoms with Crippen molar-refractivity contribution >= 4 is 65.6 Å². The lowest BCUT2D eigenvalue weighted by molar-refractivity contribution is 0.669. The van der Waals surface area contributed by atoms with Crippen LogP contribution in [0.4, 0.5) is 0 Å². The van der Waals surface area contributed by atoms with Crippen molar-refractivity contribution in [3.63, 3.8) is 0 Å². The zero-order valence-electron chi connectivity index (χ0n) is 30.9. The Hall–Kier alpha value is -7.62. The summed E-state index contributed by atoms with van der Waals surface area (Å²) in [4.78, 5) is 0. The van der Waals surface area contributed by atoms with Crippen LogP contribution in [0.1, 0.15) is 0 Å². The average Bonchev–Trinajstić information content (AvgIpc) is 3.94. The summed E-state index contributed by atoms with van der Waals surface area (Å²) in [6.45, 7) is 0. The van der Waals surface area contributed by atoms with Gasteiger partial charge in [-0.05, 0) is 106 Å². The highest BCUT2D eigenvalue weighted by Gasteiger charge is 2.17. The molecule has 12 aromatic rings. The van der Waals surface area contributed by atoms with Crippen molar-refractivity contribution in [2.45, 2.75) is 0 Å². The number of para-hydroxylation sites is 3. The van der Waals surface area contributed by atoms with Crippen molar-refractivity contribution in [3.8, 4) is 44.8 Å². The van der Waals surface area contributed by atoms with Crippen molar-refractivity contribution in [2.75, 3.05) is 0 Å². The zero-order valence-corrected chi connectivity index (χ0v) is 30.9. The molecule has 0 atom stereocenters. The monoisotopic (exact) mass is 726 g/mol. The van der Waals surface area contributed by atoms with Crippen LogP contribution < -0.4 is 0 Å². The van der Waals surface area contributed by atoms with Gasteiger partial charge in [-0.1, -0.05) is 133 Å². The normalized spacial score (nSPS) is 11.9. The van der Waals surface area contributed by atoms with Crippen molar-refractivity contribution in [1.82, 2.24) is 9.13 Å². The van der Waals surface area contributed by atoms with E-state index in [1.165, 1.54) is 77.0 Å².